The molecule has 1 atom stereocenters. The second kappa shape index (κ2) is 13.4. The quantitative estimate of drug-likeness (QED) is 0.341. The molecule has 0 saturated carbocycles. The summed E-state index contributed by atoms with van der Waals surface area (Å²) < 4.78 is 29.2. The summed E-state index contributed by atoms with van der Waals surface area (Å²) in [5.41, 5.74) is 3.04. The number of hydrogen-bond donors (Lipinski definition) is 1. The molecule has 0 heterocycles. The molecule has 3 rings (SSSR count). The number of sulfonamides is 1. The molecule has 7 nitrogen and oxygen atoms in total. The van der Waals surface area contributed by atoms with Gasteiger partial charge in [0.25, 0.3) is 10.0 Å². The van der Waals surface area contributed by atoms with Gasteiger partial charge in [0, 0.05) is 12.6 Å². The summed E-state index contributed by atoms with van der Waals surface area (Å²) in [6, 6.07) is 22.4. The Labute approximate surface area is 232 Å². The first kappa shape index (κ1) is 29.9. The van der Waals surface area contributed by atoms with Crippen molar-refractivity contribution in [1.29, 1.82) is 0 Å². The van der Waals surface area contributed by atoms with Gasteiger partial charge in [0.05, 0.1) is 10.6 Å². The largest absolute Gasteiger partial charge is 0.352 e. The molecule has 0 aromatic heterocycles. The van der Waals surface area contributed by atoms with Crippen LogP contribution in [0.2, 0.25) is 0 Å². The van der Waals surface area contributed by atoms with E-state index in [2.05, 4.69) is 5.32 Å². The maximum absolute atomic E-state index is 14.1. The second-order valence-electron chi connectivity index (χ2n) is 9.90. The Kier molecular flexibility index (Phi) is 10.3. The minimum atomic E-state index is -4.09. The minimum absolute atomic E-state index is 0.102. The second-order valence-corrected chi connectivity index (χ2v) is 11.8. The van der Waals surface area contributed by atoms with Crippen molar-refractivity contribution in [3.8, 4) is 0 Å². The van der Waals surface area contributed by atoms with E-state index in [1.54, 1.807) is 36.4 Å². The average Bonchev–Trinajstić information content (AvgIpc) is 2.91. The molecule has 0 aliphatic heterocycles. The number of hydrogen-bond acceptors (Lipinski definition) is 4. The van der Waals surface area contributed by atoms with Crippen LogP contribution in [0, 0.1) is 6.92 Å². The van der Waals surface area contributed by atoms with Gasteiger partial charge < -0.3 is 10.2 Å². The van der Waals surface area contributed by atoms with E-state index in [0.29, 0.717) is 18.5 Å². The molecule has 1 N–H and O–H groups in total. The van der Waals surface area contributed by atoms with Crippen molar-refractivity contribution in [2.24, 2.45) is 0 Å². The van der Waals surface area contributed by atoms with Crippen LogP contribution in [-0.4, -0.2) is 43.8 Å². The highest BCUT2D eigenvalue weighted by Crippen LogP contribution is 2.28. The highest BCUT2D eigenvalue weighted by Gasteiger charge is 2.34. The van der Waals surface area contributed by atoms with E-state index < -0.39 is 28.5 Å². The highest BCUT2D eigenvalue weighted by molar-refractivity contribution is 7.92. The van der Waals surface area contributed by atoms with Crippen LogP contribution < -0.4 is 9.62 Å². The Morgan fingerprint density at radius 1 is 0.872 bits per heavy atom. The van der Waals surface area contributed by atoms with Gasteiger partial charge >= 0.3 is 0 Å². The third-order valence-electron chi connectivity index (χ3n) is 6.54. The van der Waals surface area contributed by atoms with E-state index in [1.807, 2.05) is 77.1 Å². The van der Waals surface area contributed by atoms with Gasteiger partial charge in [0.15, 0.2) is 0 Å². The molecule has 0 fully saturated rings. The smallest absolute Gasteiger partial charge is 0.264 e. The summed E-state index contributed by atoms with van der Waals surface area (Å²) in [5.74, 6) is -0.718. The zero-order valence-electron chi connectivity index (χ0n) is 23.4. The molecule has 0 spiro atoms. The number of para-hydroxylation sites is 1. The van der Waals surface area contributed by atoms with E-state index in [4.69, 9.17) is 0 Å². The summed E-state index contributed by atoms with van der Waals surface area (Å²) in [7, 11) is -4.09. The molecule has 0 bridgehead atoms. The summed E-state index contributed by atoms with van der Waals surface area (Å²) in [6.45, 7) is 9.16. The standard InChI is InChI=1S/C31H39N3O4S/c1-6-26-15-11-12-16-29(26)34(39(37,38)27-19-17-24(5)18-20-27)22-30(35)33(21-25-13-9-8-10-14-25)28(7-2)31(36)32-23(3)4/h8-20,23,28H,6-7,21-22H2,1-5H3,(H,32,36)/t28-/m1/s1. The Morgan fingerprint density at radius 3 is 2.08 bits per heavy atom. The predicted molar refractivity (Wildman–Crippen MR) is 156 cm³/mol. The molecular formula is C31H39N3O4S. The number of aryl methyl sites for hydroxylation is 2. The fraction of sp³-hybridized carbons (Fsp3) is 0.355. The molecule has 208 valence electrons. The van der Waals surface area contributed by atoms with Crippen LogP contribution in [-0.2, 0) is 32.6 Å². The van der Waals surface area contributed by atoms with Crippen molar-refractivity contribution in [3.05, 3.63) is 95.6 Å². The lowest BCUT2D eigenvalue weighted by molar-refractivity contribution is -0.140. The van der Waals surface area contributed by atoms with Gasteiger partial charge in [-0.3, -0.25) is 13.9 Å². The third-order valence-corrected chi connectivity index (χ3v) is 8.32. The van der Waals surface area contributed by atoms with Crippen LogP contribution >= 0.6 is 0 Å². The summed E-state index contributed by atoms with van der Waals surface area (Å²) in [6.07, 6.45) is 0.972. The number of amides is 2. The van der Waals surface area contributed by atoms with Crippen molar-refractivity contribution < 1.29 is 18.0 Å². The summed E-state index contributed by atoms with van der Waals surface area (Å²) in [4.78, 5) is 28.9. The molecule has 0 unspecified atom stereocenters. The zero-order valence-corrected chi connectivity index (χ0v) is 24.2. The van der Waals surface area contributed by atoms with Gasteiger partial charge in [-0.1, -0.05) is 80.1 Å². The first-order valence-corrected chi connectivity index (χ1v) is 14.8. The molecule has 2 amide bonds. The number of carbonyl (C=O) groups excluding carboxylic acids is 2. The van der Waals surface area contributed by atoms with E-state index in [1.165, 1.54) is 9.21 Å². The van der Waals surface area contributed by atoms with Gasteiger partial charge in [-0.05, 0) is 62.9 Å². The van der Waals surface area contributed by atoms with Crippen LogP contribution in [0.5, 0.6) is 0 Å². The Morgan fingerprint density at radius 2 is 1.49 bits per heavy atom. The number of anilines is 1. The predicted octanol–water partition coefficient (Wildman–Crippen LogP) is 5.08. The lowest BCUT2D eigenvalue weighted by Gasteiger charge is -2.34. The number of benzene rings is 3. The van der Waals surface area contributed by atoms with E-state index in [-0.39, 0.29) is 23.4 Å². The monoisotopic (exact) mass is 549 g/mol. The first-order chi connectivity index (χ1) is 18.6. The Hall–Kier alpha value is -3.65. The number of nitrogens with one attached hydrogen (secondary N) is 1. The van der Waals surface area contributed by atoms with Crippen LogP contribution in [0.4, 0.5) is 5.69 Å². The van der Waals surface area contributed by atoms with Gasteiger partial charge in [-0.15, -0.1) is 0 Å². The Balaban J connectivity index is 2.09. The molecule has 39 heavy (non-hydrogen) atoms. The van der Waals surface area contributed by atoms with Crippen molar-refractivity contribution in [2.45, 2.75) is 71.0 Å². The third kappa shape index (κ3) is 7.47. The molecule has 8 heteroatoms. The van der Waals surface area contributed by atoms with Crippen molar-refractivity contribution in [3.63, 3.8) is 0 Å². The van der Waals surface area contributed by atoms with Crippen molar-refractivity contribution in [1.82, 2.24) is 10.2 Å². The van der Waals surface area contributed by atoms with Crippen LogP contribution in [0.3, 0.4) is 0 Å². The van der Waals surface area contributed by atoms with Crippen LogP contribution in [0.15, 0.2) is 83.8 Å². The fourth-order valence-electron chi connectivity index (χ4n) is 4.48. The van der Waals surface area contributed by atoms with Crippen LogP contribution in [0.25, 0.3) is 0 Å². The summed E-state index contributed by atoms with van der Waals surface area (Å²) >= 11 is 0. The Bertz CT molecular complexity index is 1360. The first-order valence-electron chi connectivity index (χ1n) is 13.4. The fourth-order valence-corrected chi connectivity index (χ4v) is 5.94. The molecule has 0 radical (unpaired) electrons. The molecule has 0 saturated heterocycles. The van der Waals surface area contributed by atoms with E-state index >= 15 is 0 Å². The van der Waals surface area contributed by atoms with E-state index in [9.17, 15) is 18.0 Å². The molecular weight excluding hydrogens is 510 g/mol. The zero-order chi connectivity index (χ0) is 28.6. The average molecular weight is 550 g/mol. The molecule has 3 aromatic rings. The topological polar surface area (TPSA) is 86.8 Å². The molecule has 3 aromatic carbocycles. The van der Waals surface area contributed by atoms with Gasteiger partial charge in [0.1, 0.15) is 12.6 Å². The highest BCUT2D eigenvalue weighted by atomic mass is 32.2. The van der Waals surface area contributed by atoms with Crippen molar-refractivity contribution in [2.75, 3.05) is 10.8 Å². The molecule has 0 aliphatic carbocycles. The van der Waals surface area contributed by atoms with E-state index in [0.717, 1.165) is 16.7 Å². The lowest BCUT2D eigenvalue weighted by Crippen LogP contribution is -2.53. The normalized spacial score (nSPS) is 12.2. The van der Waals surface area contributed by atoms with Crippen LogP contribution in [0.1, 0.15) is 50.8 Å². The number of nitrogens with zero attached hydrogens (tertiary/aromatic N) is 2. The lowest BCUT2D eigenvalue weighted by atomic mass is 10.1. The molecule has 0 aliphatic rings. The maximum Gasteiger partial charge on any atom is 0.264 e. The number of carbonyl (C=O) groups is 2. The SMILES string of the molecule is CCc1ccccc1N(CC(=O)N(Cc1ccccc1)[C@H](CC)C(=O)NC(C)C)S(=O)(=O)c1ccc(C)cc1. The van der Waals surface area contributed by atoms with Gasteiger partial charge in [-0.25, -0.2) is 8.42 Å². The maximum atomic E-state index is 14.1. The summed E-state index contributed by atoms with van der Waals surface area (Å²) in [5, 5.41) is 2.91. The van der Waals surface area contributed by atoms with Crippen molar-refractivity contribution >= 4 is 27.5 Å². The van der Waals surface area contributed by atoms with Gasteiger partial charge in [-0.2, -0.15) is 0 Å². The number of rotatable bonds is 12. The minimum Gasteiger partial charge on any atom is -0.352 e. The van der Waals surface area contributed by atoms with Gasteiger partial charge in [0.2, 0.25) is 11.8 Å².